The van der Waals surface area contributed by atoms with Gasteiger partial charge in [-0.2, -0.15) is 0 Å². The van der Waals surface area contributed by atoms with Gasteiger partial charge in [0.15, 0.2) is 0 Å². The van der Waals surface area contributed by atoms with Crippen molar-refractivity contribution < 1.29 is 9.84 Å². The molecule has 0 spiro atoms. The molecule has 136 heavy (non-hydrogen) atoms. The lowest BCUT2D eigenvalue weighted by molar-refractivity contribution is 0.178. The maximum absolute atomic E-state index is 10.1. The van der Waals surface area contributed by atoms with Crippen LogP contribution >= 0.6 is 34.8 Å². The van der Waals surface area contributed by atoms with Crippen LogP contribution in [-0.2, 0) is 62.2 Å². The smallest absolute Gasteiger partial charge is 0.131 e. The van der Waals surface area contributed by atoms with Crippen molar-refractivity contribution >= 4 is 34.8 Å². The summed E-state index contributed by atoms with van der Waals surface area (Å²) in [7, 11) is 1.77. The Kier molecular flexibility index (Phi) is 44.3. The molecule has 10 aromatic rings. The lowest BCUT2D eigenvalue weighted by atomic mass is 9.83. The highest BCUT2D eigenvalue weighted by molar-refractivity contribution is 6.31. The molecule has 0 bridgehead atoms. The van der Waals surface area contributed by atoms with Crippen molar-refractivity contribution in [3.8, 4) is 5.75 Å². The molecule has 0 saturated heterocycles. The number of halogens is 3. The summed E-state index contributed by atoms with van der Waals surface area (Å²) in [6.45, 7) is 83.6. The maximum atomic E-state index is 10.1. The molecule has 11 heteroatoms. The van der Waals surface area contributed by atoms with Gasteiger partial charge in [-0.05, 0) is 387 Å². The minimum atomic E-state index is -0.196. The van der Waals surface area contributed by atoms with Crippen molar-refractivity contribution in [1.82, 2.24) is 29.9 Å². The molecular formula is C125H181Cl3N6O2. The Morgan fingerprint density at radius 1 is 0.331 bits per heavy atom. The Hall–Kier alpha value is -7.59. The number of fused-ring (bicyclic) bond motifs is 5. The van der Waals surface area contributed by atoms with Crippen molar-refractivity contribution in [3.05, 3.63) is 304 Å². The van der Waals surface area contributed by atoms with Gasteiger partial charge in [-0.3, -0.25) is 0 Å². The second-order valence-electron chi connectivity index (χ2n) is 45.6. The molecule has 744 valence electrons. The molecular weight excluding hydrogens is 1720 g/mol. The predicted molar refractivity (Wildman–Crippen MR) is 590 cm³/mol. The van der Waals surface area contributed by atoms with Crippen LogP contribution in [0.1, 0.15) is 528 Å². The number of benzene rings is 7. The highest BCUT2D eigenvalue weighted by atomic mass is 35.5. The number of hydrogen-bond acceptors (Lipinski definition) is 8. The number of aliphatic hydroxyl groups is 1. The maximum Gasteiger partial charge on any atom is 0.131 e. The number of methoxy groups -OCH3 is 1. The van der Waals surface area contributed by atoms with Gasteiger partial charge in [0.25, 0.3) is 0 Å². The highest BCUT2D eigenvalue weighted by Crippen LogP contribution is 2.47. The Morgan fingerprint density at radius 3 is 1.12 bits per heavy atom. The highest BCUT2D eigenvalue weighted by Gasteiger charge is 2.33. The van der Waals surface area contributed by atoms with Gasteiger partial charge in [0.05, 0.1) is 13.2 Å². The van der Waals surface area contributed by atoms with E-state index in [4.69, 9.17) is 49.5 Å². The summed E-state index contributed by atoms with van der Waals surface area (Å²) in [6.07, 6.45) is 18.7. The van der Waals surface area contributed by atoms with Crippen molar-refractivity contribution in [1.29, 1.82) is 0 Å². The van der Waals surface area contributed by atoms with Crippen LogP contribution in [0.15, 0.2) is 109 Å². The summed E-state index contributed by atoms with van der Waals surface area (Å²) in [5.74, 6) is 12.2. The monoisotopic (exact) mass is 1900 g/mol. The van der Waals surface area contributed by atoms with Gasteiger partial charge in [-0.1, -0.05) is 298 Å². The number of rotatable bonds is 14. The first-order chi connectivity index (χ1) is 63.6. The summed E-state index contributed by atoms with van der Waals surface area (Å²) in [4.78, 5) is 27.1. The fourth-order valence-corrected chi connectivity index (χ4v) is 21.4. The Bertz CT molecular complexity index is 5300. The summed E-state index contributed by atoms with van der Waals surface area (Å²) in [5.41, 5.74) is 41.3. The molecule has 0 amide bonds. The normalized spacial score (nSPS) is 14.9. The van der Waals surface area contributed by atoms with Crippen LogP contribution in [0.3, 0.4) is 0 Å². The largest absolute Gasteiger partial charge is 0.496 e. The second kappa shape index (κ2) is 52.2. The Labute approximate surface area is 844 Å². The number of hydrogen-bond donors (Lipinski definition) is 1. The van der Waals surface area contributed by atoms with Crippen molar-refractivity contribution in [2.45, 2.75) is 459 Å². The topological polar surface area (TPSA) is 107 Å². The van der Waals surface area contributed by atoms with Crippen LogP contribution in [0.5, 0.6) is 5.75 Å². The van der Waals surface area contributed by atoms with Crippen molar-refractivity contribution in [3.63, 3.8) is 0 Å². The van der Waals surface area contributed by atoms with Gasteiger partial charge in [0.1, 0.15) is 23.2 Å². The van der Waals surface area contributed by atoms with Gasteiger partial charge >= 0.3 is 0 Å². The quantitative estimate of drug-likeness (QED) is 0.115. The van der Waals surface area contributed by atoms with Crippen LogP contribution in [0.25, 0.3) is 0 Å². The first kappa shape index (κ1) is 115. The Morgan fingerprint density at radius 2 is 0.728 bits per heavy atom. The minimum absolute atomic E-state index is 0.0760. The lowest BCUT2D eigenvalue weighted by Crippen LogP contribution is -2.21. The fourth-order valence-electron chi connectivity index (χ4n) is 20.6. The average Bonchev–Trinajstić information content (AvgIpc) is 1.61. The SMILES string of the molecule is CC(C)c1c2c(cc3c1C(O)CC3)CCC2.CC(C)c1c2c(cc3c1CCC3C)CCC2.CC(C)c1ccc(Cl)cc1.CC(C)c1cccc(C(C)C)c1C(C)C.CC(C)c1nc(C(C)(C)C)cc(C(C)(C)C)n1.COc1ccc2c(c1C(C)C)CCC2.Cc1cc(C)nc(C(C)C)n1.Cc1cc(C2CC2)nc(C(C)C)n1.Cc1cc(Cl)cc(C)c1C(C)C.Cc1cc(Cl)cc(C)c1C(C)C. The molecule has 1 N–H and O–H groups in total. The predicted octanol–water partition coefficient (Wildman–Crippen LogP) is 36.8. The van der Waals surface area contributed by atoms with E-state index >= 15 is 0 Å². The van der Waals surface area contributed by atoms with Crippen LogP contribution in [0.2, 0.25) is 15.1 Å². The first-order valence-corrected chi connectivity index (χ1v) is 53.4. The molecule has 16 rings (SSSR count). The molecule has 2 unspecified atom stereocenters. The fraction of sp³-hybridized carbons (Fsp3) is 0.568. The number of nitrogens with zero attached hydrogens (tertiary/aromatic N) is 6. The van der Waals surface area contributed by atoms with E-state index in [-0.39, 0.29) is 16.9 Å². The minimum Gasteiger partial charge on any atom is -0.496 e. The number of ether oxygens (including phenoxy) is 1. The van der Waals surface area contributed by atoms with Gasteiger partial charge in [0, 0.05) is 89.3 Å². The van der Waals surface area contributed by atoms with E-state index in [0.717, 1.165) is 91.4 Å². The molecule has 6 aliphatic carbocycles. The molecule has 0 aliphatic heterocycles. The lowest BCUT2D eigenvalue weighted by Gasteiger charge is -2.24. The third kappa shape index (κ3) is 32.7. The van der Waals surface area contributed by atoms with E-state index in [1.54, 1.807) is 57.2 Å². The standard InChI is InChI=1S/C16H22.C15H26N2.C15H20O.C15H24.C13H18O.2C11H15Cl.C11H16N2.C9H11Cl.C9H14N2/c1-10(2)16-13-6-4-5-12(13)9-15-11(3)7-8-14(15)16;1-10(2)13-16-11(14(3,4)5)9-12(17-13)15(6,7)8;1-9(2)14-12-5-3-4-10(12)8-11-6-7-13(16)15(11)14;1-10(2)13-8-7-9-14(11(3)4)15(13)12(5)6;1-9(2)13-11-6-4-5-10(11)7-8-12(13)14-3;2*1-7(2)11-8(3)5-10(12)6-9(11)4;1-7(2)11-12-8(3)6-10(13-11)9-4-5-9;1-7(2)8-3-5-9(10)6-4-8;1-6(2)9-10-7(3)5-8(4)11-9/h9-11H,4-8H2,1-3H3;9-10H,1-8H3;8-9,13,16H,3-7H2,1-2H3;7-12H,1-6H3;7-9H,4-6H2,1-3H3;2*5-7H,1-4H3;6-7,9H,4-5H2,1-3H3;3-7H,1-2H3;5-6H,1-4H3. The number of aliphatic hydroxyl groups excluding tert-OH is 1. The summed E-state index contributed by atoms with van der Waals surface area (Å²) >= 11 is 17.6. The zero-order valence-electron chi connectivity index (χ0n) is 92.3. The van der Waals surface area contributed by atoms with Crippen molar-refractivity contribution in [2.75, 3.05) is 7.11 Å². The van der Waals surface area contributed by atoms with E-state index < -0.39 is 0 Å². The molecule has 1 fully saturated rings. The van der Waals surface area contributed by atoms with Crippen LogP contribution in [0.4, 0.5) is 0 Å². The molecule has 1 saturated carbocycles. The number of aryl methyl sites for hydroxylation is 11. The van der Waals surface area contributed by atoms with Crippen LogP contribution in [0, 0.1) is 48.5 Å². The third-order valence-electron chi connectivity index (χ3n) is 27.3. The zero-order chi connectivity index (χ0) is 102. The van der Waals surface area contributed by atoms with Gasteiger partial charge < -0.3 is 9.84 Å². The summed E-state index contributed by atoms with van der Waals surface area (Å²) < 4.78 is 5.43. The van der Waals surface area contributed by atoms with E-state index in [1.165, 1.54) is 167 Å². The Balaban J connectivity index is 0.000000207. The molecule has 8 nitrogen and oxygen atoms in total. The van der Waals surface area contributed by atoms with E-state index in [9.17, 15) is 5.11 Å². The number of aromatic nitrogens is 6. The van der Waals surface area contributed by atoms with Gasteiger partial charge in [-0.15, -0.1) is 0 Å². The summed E-state index contributed by atoms with van der Waals surface area (Å²) in [5, 5.41) is 12.6. The second-order valence-corrected chi connectivity index (χ2v) is 46.9. The van der Waals surface area contributed by atoms with Crippen LogP contribution in [-0.4, -0.2) is 42.1 Å². The zero-order valence-corrected chi connectivity index (χ0v) is 94.6. The van der Waals surface area contributed by atoms with E-state index in [0.29, 0.717) is 71.0 Å². The van der Waals surface area contributed by atoms with Gasteiger partial charge in [0.2, 0.25) is 0 Å². The van der Waals surface area contributed by atoms with E-state index in [1.807, 2.05) is 56.3 Å². The molecule has 2 atom stereocenters. The molecule has 7 aromatic carbocycles. The average molecular weight is 1910 g/mol. The summed E-state index contributed by atoms with van der Waals surface area (Å²) in [6, 6.07) is 38.4. The van der Waals surface area contributed by atoms with E-state index in [2.05, 4.69) is 336 Å². The molecule has 3 heterocycles. The van der Waals surface area contributed by atoms with Gasteiger partial charge in [-0.25, -0.2) is 29.9 Å². The molecule has 6 aliphatic rings. The molecule has 0 radical (unpaired) electrons. The first-order valence-electron chi connectivity index (χ1n) is 52.3. The third-order valence-corrected chi connectivity index (χ3v) is 28.0. The van der Waals surface area contributed by atoms with Crippen LogP contribution < -0.4 is 4.74 Å². The molecule has 3 aromatic heterocycles. The van der Waals surface area contributed by atoms with Crippen molar-refractivity contribution in [2.24, 2.45) is 0 Å².